The number of carbonyl (C=O) groups is 1. The molecule has 26 heavy (non-hydrogen) atoms. The number of hydrogen-bond acceptors (Lipinski definition) is 8. The Morgan fingerprint density at radius 1 is 1.46 bits per heavy atom. The highest BCUT2D eigenvalue weighted by molar-refractivity contribution is 7.88. The van der Waals surface area contributed by atoms with E-state index in [1.54, 1.807) is 11.0 Å². The molecule has 0 atom stereocenters. The fourth-order valence-electron chi connectivity index (χ4n) is 2.78. The number of rotatable bonds is 8. The van der Waals surface area contributed by atoms with Gasteiger partial charge in [0, 0.05) is 33.2 Å². The maximum Gasteiger partial charge on any atom is 0.257 e. The van der Waals surface area contributed by atoms with E-state index in [-0.39, 0.29) is 25.1 Å². The summed E-state index contributed by atoms with van der Waals surface area (Å²) in [6, 6.07) is 1.31. The summed E-state index contributed by atoms with van der Waals surface area (Å²) in [5, 5.41) is 3.81. The molecule has 1 fully saturated rings. The molecule has 2 aromatic heterocycles. The molecule has 0 N–H and O–H groups in total. The normalized spacial score (nSPS) is 15.4. The number of furan rings is 1. The predicted molar refractivity (Wildman–Crippen MR) is 88.7 cm³/mol. The van der Waals surface area contributed by atoms with E-state index in [0.29, 0.717) is 36.8 Å². The number of aromatic nitrogens is 2. The second-order valence-corrected chi connectivity index (χ2v) is 7.97. The van der Waals surface area contributed by atoms with Gasteiger partial charge in [-0.2, -0.15) is 9.29 Å². The minimum atomic E-state index is -3.44. The lowest BCUT2D eigenvalue weighted by Gasteiger charge is -2.44. The third-order valence-corrected chi connectivity index (χ3v) is 5.42. The molecular weight excluding hydrogens is 364 g/mol. The van der Waals surface area contributed by atoms with Gasteiger partial charge in [0.05, 0.1) is 24.1 Å². The topological polar surface area (TPSA) is 119 Å². The summed E-state index contributed by atoms with van der Waals surface area (Å²) >= 11 is 0. The van der Waals surface area contributed by atoms with Crippen molar-refractivity contribution in [3.05, 3.63) is 35.9 Å². The lowest BCUT2D eigenvalue weighted by Crippen LogP contribution is -2.62. The second-order valence-electron chi connectivity index (χ2n) is 6.04. The minimum absolute atomic E-state index is 0.175. The van der Waals surface area contributed by atoms with Gasteiger partial charge in [-0.25, -0.2) is 8.42 Å². The van der Waals surface area contributed by atoms with E-state index in [1.807, 2.05) is 0 Å². The van der Waals surface area contributed by atoms with Crippen molar-refractivity contribution in [3.63, 3.8) is 0 Å². The number of hydrogen-bond donors (Lipinski definition) is 0. The van der Waals surface area contributed by atoms with Gasteiger partial charge in [0.2, 0.25) is 10.0 Å². The van der Waals surface area contributed by atoms with E-state index in [0.717, 1.165) is 6.26 Å². The highest BCUT2D eigenvalue weighted by atomic mass is 32.2. The molecular formula is C15H20N4O6S. The average Bonchev–Trinajstić information content (AvgIpc) is 3.19. The largest absolute Gasteiger partial charge is 0.472 e. The Bertz CT molecular complexity index is 841. The summed E-state index contributed by atoms with van der Waals surface area (Å²) in [4.78, 5) is 17.9. The van der Waals surface area contributed by atoms with Gasteiger partial charge in [-0.3, -0.25) is 4.79 Å². The maximum absolute atomic E-state index is 12.2. The number of likely N-dealkylation sites (tertiary alicyclic amines) is 1. The van der Waals surface area contributed by atoms with Gasteiger partial charge in [-0.1, -0.05) is 5.16 Å². The molecule has 1 aliphatic heterocycles. The summed E-state index contributed by atoms with van der Waals surface area (Å²) in [7, 11) is -1.92. The van der Waals surface area contributed by atoms with Crippen molar-refractivity contribution in [1.82, 2.24) is 19.3 Å². The third kappa shape index (κ3) is 4.11. The molecule has 3 heterocycles. The van der Waals surface area contributed by atoms with Crippen LogP contribution >= 0.6 is 0 Å². The summed E-state index contributed by atoms with van der Waals surface area (Å²) in [5.41, 5.74) is 0.451. The van der Waals surface area contributed by atoms with E-state index in [4.69, 9.17) is 13.7 Å². The van der Waals surface area contributed by atoms with Crippen LogP contribution in [0.25, 0.3) is 0 Å². The van der Waals surface area contributed by atoms with Crippen LogP contribution in [0.1, 0.15) is 22.1 Å². The van der Waals surface area contributed by atoms with Crippen molar-refractivity contribution in [2.45, 2.75) is 19.1 Å². The molecule has 142 valence electrons. The van der Waals surface area contributed by atoms with Gasteiger partial charge in [0.15, 0.2) is 5.82 Å². The van der Waals surface area contributed by atoms with Crippen LogP contribution < -0.4 is 0 Å². The highest BCUT2D eigenvalue weighted by Crippen LogP contribution is 2.21. The Kier molecular flexibility index (Phi) is 5.39. The van der Waals surface area contributed by atoms with Crippen molar-refractivity contribution in [1.29, 1.82) is 0 Å². The number of sulfonamides is 1. The molecule has 0 spiro atoms. The number of methoxy groups -OCH3 is 1. The Morgan fingerprint density at radius 3 is 2.85 bits per heavy atom. The summed E-state index contributed by atoms with van der Waals surface area (Å²) in [6.07, 6.45) is 4.26. The van der Waals surface area contributed by atoms with Crippen LogP contribution in [-0.4, -0.2) is 72.7 Å². The average molecular weight is 384 g/mol. The van der Waals surface area contributed by atoms with Gasteiger partial charge in [0.25, 0.3) is 11.8 Å². The van der Waals surface area contributed by atoms with Crippen LogP contribution in [0.3, 0.4) is 0 Å². The molecule has 0 unspecified atom stereocenters. The number of ether oxygens (including phenoxy) is 1. The van der Waals surface area contributed by atoms with Crippen LogP contribution in [0, 0.1) is 0 Å². The van der Waals surface area contributed by atoms with Crippen molar-refractivity contribution in [2.24, 2.45) is 0 Å². The molecule has 0 aliphatic carbocycles. The van der Waals surface area contributed by atoms with Gasteiger partial charge < -0.3 is 18.6 Å². The smallest absolute Gasteiger partial charge is 0.257 e. The maximum atomic E-state index is 12.2. The zero-order valence-electron chi connectivity index (χ0n) is 14.5. The molecule has 1 aliphatic rings. The standard InChI is InChI=1S/C15H20N4O6S/c1-23-10-14-16-13(17-25-14)3-5-19(26(2,21)22)12-7-18(8-12)15(20)11-4-6-24-9-11/h4,6,9,12H,3,5,7-8,10H2,1-2H3. The zero-order valence-corrected chi connectivity index (χ0v) is 15.3. The molecule has 1 amide bonds. The minimum Gasteiger partial charge on any atom is -0.472 e. The van der Waals surface area contributed by atoms with Gasteiger partial charge in [-0.05, 0) is 6.07 Å². The number of nitrogens with zero attached hydrogens (tertiary/aromatic N) is 4. The van der Waals surface area contributed by atoms with Gasteiger partial charge in [-0.15, -0.1) is 0 Å². The van der Waals surface area contributed by atoms with Gasteiger partial charge in [0.1, 0.15) is 12.9 Å². The van der Waals surface area contributed by atoms with Crippen LogP contribution in [0.2, 0.25) is 0 Å². The Hall–Kier alpha value is -2.24. The first-order valence-electron chi connectivity index (χ1n) is 7.97. The summed E-state index contributed by atoms with van der Waals surface area (Å²) < 4.78 is 40.4. The van der Waals surface area contributed by atoms with Crippen molar-refractivity contribution >= 4 is 15.9 Å². The van der Waals surface area contributed by atoms with Crippen molar-refractivity contribution in [3.8, 4) is 0 Å². The van der Waals surface area contributed by atoms with Crippen molar-refractivity contribution < 1.29 is 26.9 Å². The highest BCUT2D eigenvalue weighted by Gasteiger charge is 2.39. The lowest BCUT2D eigenvalue weighted by atomic mass is 10.1. The van der Waals surface area contributed by atoms with Crippen LogP contribution in [0.5, 0.6) is 0 Å². The monoisotopic (exact) mass is 384 g/mol. The predicted octanol–water partition coefficient (Wildman–Crippen LogP) is 0.138. The van der Waals surface area contributed by atoms with E-state index >= 15 is 0 Å². The molecule has 0 aromatic carbocycles. The van der Waals surface area contributed by atoms with E-state index in [1.165, 1.54) is 23.9 Å². The fourth-order valence-corrected chi connectivity index (χ4v) is 3.87. The Labute approximate surface area is 150 Å². The van der Waals surface area contributed by atoms with Crippen LogP contribution in [0.15, 0.2) is 27.5 Å². The van der Waals surface area contributed by atoms with Crippen molar-refractivity contribution in [2.75, 3.05) is 33.0 Å². The zero-order chi connectivity index (χ0) is 18.7. The van der Waals surface area contributed by atoms with Gasteiger partial charge >= 0.3 is 0 Å². The molecule has 0 radical (unpaired) electrons. The van der Waals surface area contributed by atoms with E-state index < -0.39 is 10.0 Å². The summed E-state index contributed by atoms with van der Waals surface area (Å²) in [6.45, 7) is 1.08. The molecule has 1 saturated heterocycles. The Balaban J connectivity index is 1.58. The summed E-state index contributed by atoms with van der Waals surface area (Å²) in [5.74, 6) is 0.580. The molecule has 0 saturated carbocycles. The second kappa shape index (κ2) is 7.56. The molecule has 11 heteroatoms. The van der Waals surface area contributed by atoms with E-state index in [2.05, 4.69) is 10.1 Å². The Morgan fingerprint density at radius 2 is 2.23 bits per heavy atom. The van der Waals surface area contributed by atoms with Crippen LogP contribution in [-0.2, 0) is 27.8 Å². The number of carbonyl (C=O) groups excluding carboxylic acids is 1. The quantitative estimate of drug-likeness (QED) is 0.630. The molecule has 3 rings (SSSR count). The first-order chi connectivity index (χ1) is 12.4. The third-order valence-electron chi connectivity index (χ3n) is 4.08. The molecule has 2 aromatic rings. The lowest BCUT2D eigenvalue weighted by molar-refractivity contribution is 0.0453. The number of amides is 1. The first-order valence-corrected chi connectivity index (χ1v) is 9.82. The van der Waals surface area contributed by atoms with E-state index in [9.17, 15) is 13.2 Å². The SMILES string of the molecule is COCc1nc(CCN(C2CN(C(=O)c3ccoc3)C2)S(C)(=O)=O)no1. The molecule has 10 nitrogen and oxygen atoms in total. The fraction of sp³-hybridized carbons (Fsp3) is 0.533. The van der Waals surface area contributed by atoms with Crippen LogP contribution in [0.4, 0.5) is 0 Å². The first kappa shape index (κ1) is 18.5. The molecule has 0 bridgehead atoms.